The van der Waals surface area contributed by atoms with Gasteiger partial charge in [0.05, 0.1) is 0 Å². The number of rotatable bonds is 3. The van der Waals surface area contributed by atoms with Crippen LogP contribution in [0.5, 0.6) is 0 Å². The minimum absolute atomic E-state index is 0.00628. The van der Waals surface area contributed by atoms with Gasteiger partial charge in [0.2, 0.25) is 0 Å². The van der Waals surface area contributed by atoms with Crippen molar-refractivity contribution in [2.75, 3.05) is 18.4 Å². The minimum Gasteiger partial charge on any atom is -0.444 e. The van der Waals surface area contributed by atoms with Crippen molar-refractivity contribution in [2.45, 2.75) is 58.3 Å². The molecule has 4 rings (SSSR count). The van der Waals surface area contributed by atoms with E-state index in [1.165, 1.54) is 11.1 Å². The van der Waals surface area contributed by atoms with Gasteiger partial charge in [-0.25, -0.2) is 9.59 Å². The fraction of sp³-hybridized carbons (Fsp3) is 0.423. The molecule has 0 aromatic heterocycles. The van der Waals surface area contributed by atoms with Crippen molar-refractivity contribution in [1.82, 2.24) is 15.1 Å². The monoisotopic (exact) mass is 464 g/mol. The number of hydrogen-bond donors (Lipinski definition) is 2. The van der Waals surface area contributed by atoms with Gasteiger partial charge in [-0.05, 0) is 69.0 Å². The van der Waals surface area contributed by atoms with E-state index in [1.807, 2.05) is 45.0 Å². The standard InChI is InChI=1S/C26H32N4O4/c1-26(2,3)34-25(33)28-22-12-14-29(15-13-22)23(31)18-8-10-21(11-9-18)27-24(32)30-16-19-6-4-5-7-20(19)17-30/h4-11,22H,12-17H2,1-3H3,(H,27,32)(H,28,33). The van der Waals surface area contributed by atoms with E-state index in [2.05, 4.69) is 10.6 Å². The fourth-order valence-corrected chi connectivity index (χ4v) is 4.26. The SMILES string of the molecule is CC(C)(C)OC(=O)NC1CCN(C(=O)c2ccc(NC(=O)N3Cc4ccccc4C3)cc2)CC1. The summed E-state index contributed by atoms with van der Waals surface area (Å²) in [4.78, 5) is 41.1. The van der Waals surface area contributed by atoms with Crippen LogP contribution in [0.15, 0.2) is 48.5 Å². The Morgan fingerprint density at radius 1 is 0.882 bits per heavy atom. The largest absolute Gasteiger partial charge is 0.444 e. The molecule has 8 heteroatoms. The summed E-state index contributed by atoms with van der Waals surface area (Å²) in [5.41, 5.74) is 3.03. The first-order valence-electron chi connectivity index (χ1n) is 11.7. The van der Waals surface area contributed by atoms with Crippen LogP contribution < -0.4 is 10.6 Å². The molecule has 0 aliphatic carbocycles. The highest BCUT2D eigenvalue weighted by Crippen LogP contribution is 2.23. The highest BCUT2D eigenvalue weighted by molar-refractivity contribution is 5.95. The van der Waals surface area contributed by atoms with Gasteiger partial charge in [0.1, 0.15) is 5.60 Å². The van der Waals surface area contributed by atoms with Gasteiger partial charge >= 0.3 is 12.1 Å². The number of piperidine rings is 1. The third-order valence-corrected chi connectivity index (χ3v) is 6.01. The number of fused-ring (bicyclic) bond motifs is 1. The van der Waals surface area contributed by atoms with Gasteiger partial charge in [-0.3, -0.25) is 4.79 Å². The summed E-state index contributed by atoms with van der Waals surface area (Å²) in [6.45, 7) is 7.80. The Labute approximate surface area is 200 Å². The number of urea groups is 1. The molecule has 2 heterocycles. The molecule has 8 nitrogen and oxygen atoms in total. The van der Waals surface area contributed by atoms with Gasteiger partial charge in [0.25, 0.3) is 5.91 Å². The Kier molecular flexibility index (Phi) is 6.77. The van der Waals surface area contributed by atoms with E-state index in [-0.39, 0.29) is 18.0 Å². The van der Waals surface area contributed by atoms with Crippen LogP contribution in [0, 0.1) is 0 Å². The van der Waals surface area contributed by atoms with Crippen molar-refractivity contribution < 1.29 is 19.1 Å². The Hall–Kier alpha value is -3.55. The van der Waals surface area contributed by atoms with E-state index in [9.17, 15) is 14.4 Å². The smallest absolute Gasteiger partial charge is 0.407 e. The number of carbonyl (C=O) groups is 3. The maximum Gasteiger partial charge on any atom is 0.407 e. The molecule has 2 aliphatic rings. The zero-order valence-electron chi connectivity index (χ0n) is 20.0. The summed E-state index contributed by atoms with van der Waals surface area (Å²) in [7, 11) is 0. The molecule has 2 aromatic carbocycles. The number of nitrogens with zero attached hydrogens (tertiary/aromatic N) is 2. The number of carbonyl (C=O) groups excluding carboxylic acids is 3. The highest BCUT2D eigenvalue weighted by atomic mass is 16.6. The number of amides is 4. The van der Waals surface area contributed by atoms with Gasteiger partial charge in [-0.1, -0.05) is 24.3 Å². The molecule has 180 valence electrons. The molecule has 0 unspecified atom stereocenters. The van der Waals surface area contributed by atoms with E-state index < -0.39 is 11.7 Å². The van der Waals surface area contributed by atoms with Gasteiger partial charge in [-0.15, -0.1) is 0 Å². The van der Waals surface area contributed by atoms with Crippen molar-refractivity contribution in [3.05, 3.63) is 65.2 Å². The molecule has 0 spiro atoms. The molecular weight excluding hydrogens is 432 g/mol. The van der Waals surface area contributed by atoms with Crippen LogP contribution in [-0.4, -0.2) is 52.6 Å². The van der Waals surface area contributed by atoms with Crippen molar-refractivity contribution in [2.24, 2.45) is 0 Å². The number of likely N-dealkylation sites (tertiary alicyclic amines) is 1. The lowest BCUT2D eigenvalue weighted by Crippen LogP contribution is -2.47. The fourth-order valence-electron chi connectivity index (χ4n) is 4.26. The summed E-state index contributed by atoms with van der Waals surface area (Å²) in [6.07, 6.45) is 0.932. The summed E-state index contributed by atoms with van der Waals surface area (Å²) < 4.78 is 5.31. The molecule has 2 aliphatic heterocycles. The first-order valence-corrected chi connectivity index (χ1v) is 11.7. The summed E-state index contributed by atoms with van der Waals surface area (Å²) in [5, 5.41) is 5.80. The van der Waals surface area contributed by atoms with Crippen molar-refractivity contribution in [3.63, 3.8) is 0 Å². The van der Waals surface area contributed by atoms with Gasteiger partial charge < -0.3 is 25.2 Å². The molecular formula is C26H32N4O4. The Morgan fingerprint density at radius 2 is 1.47 bits per heavy atom. The van der Waals surface area contributed by atoms with Crippen LogP contribution in [0.4, 0.5) is 15.3 Å². The Balaban J connectivity index is 1.25. The predicted molar refractivity (Wildman–Crippen MR) is 129 cm³/mol. The average molecular weight is 465 g/mol. The lowest BCUT2D eigenvalue weighted by Gasteiger charge is -2.33. The molecule has 1 saturated heterocycles. The zero-order valence-corrected chi connectivity index (χ0v) is 20.0. The van der Waals surface area contributed by atoms with Gasteiger partial charge in [-0.2, -0.15) is 0 Å². The number of ether oxygens (including phenoxy) is 1. The number of nitrogens with one attached hydrogen (secondary N) is 2. The number of hydrogen-bond acceptors (Lipinski definition) is 4. The van der Waals surface area contributed by atoms with Crippen LogP contribution in [0.2, 0.25) is 0 Å². The van der Waals surface area contributed by atoms with Crippen molar-refractivity contribution >= 4 is 23.7 Å². The lowest BCUT2D eigenvalue weighted by molar-refractivity contribution is 0.0473. The second-order valence-corrected chi connectivity index (χ2v) is 9.84. The summed E-state index contributed by atoms with van der Waals surface area (Å²) in [6, 6.07) is 14.9. The maximum absolute atomic E-state index is 12.9. The lowest BCUT2D eigenvalue weighted by atomic mass is 10.0. The number of anilines is 1. The topological polar surface area (TPSA) is 91.0 Å². The van der Waals surface area contributed by atoms with E-state index >= 15 is 0 Å². The highest BCUT2D eigenvalue weighted by Gasteiger charge is 2.27. The normalized spacial score (nSPS) is 16.1. The van der Waals surface area contributed by atoms with E-state index in [4.69, 9.17) is 4.74 Å². The van der Waals surface area contributed by atoms with E-state index in [0.29, 0.717) is 50.3 Å². The molecule has 0 atom stereocenters. The third kappa shape index (κ3) is 5.87. The second-order valence-electron chi connectivity index (χ2n) is 9.84. The molecule has 0 saturated carbocycles. The Morgan fingerprint density at radius 3 is 2.03 bits per heavy atom. The van der Waals surface area contributed by atoms with E-state index in [0.717, 1.165) is 0 Å². The zero-order chi connectivity index (χ0) is 24.3. The maximum atomic E-state index is 12.9. The molecule has 1 fully saturated rings. The van der Waals surface area contributed by atoms with Crippen LogP contribution in [-0.2, 0) is 17.8 Å². The number of alkyl carbamates (subject to hydrolysis) is 1. The van der Waals surface area contributed by atoms with Crippen molar-refractivity contribution in [1.29, 1.82) is 0 Å². The van der Waals surface area contributed by atoms with Crippen LogP contribution in [0.25, 0.3) is 0 Å². The molecule has 0 bridgehead atoms. The van der Waals surface area contributed by atoms with Gasteiger partial charge in [0.15, 0.2) is 0 Å². The molecule has 2 N–H and O–H groups in total. The van der Waals surface area contributed by atoms with Gasteiger partial charge in [0, 0.05) is 43.5 Å². The van der Waals surface area contributed by atoms with Crippen molar-refractivity contribution in [3.8, 4) is 0 Å². The molecule has 0 radical (unpaired) electrons. The quantitative estimate of drug-likeness (QED) is 0.706. The van der Waals surface area contributed by atoms with Crippen LogP contribution >= 0.6 is 0 Å². The van der Waals surface area contributed by atoms with Crippen LogP contribution in [0.3, 0.4) is 0 Å². The summed E-state index contributed by atoms with van der Waals surface area (Å²) in [5.74, 6) is -0.0522. The molecule has 4 amide bonds. The second kappa shape index (κ2) is 9.75. The predicted octanol–water partition coefficient (Wildman–Crippen LogP) is 4.36. The molecule has 2 aromatic rings. The van der Waals surface area contributed by atoms with Crippen LogP contribution in [0.1, 0.15) is 55.1 Å². The number of benzene rings is 2. The Bertz CT molecular complexity index is 1030. The molecule has 34 heavy (non-hydrogen) atoms. The summed E-state index contributed by atoms with van der Waals surface area (Å²) >= 11 is 0. The van der Waals surface area contributed by atoms with E-state index in [1.54, 1.807) is 34.1 Å². The first kappa shape index (κ1) is 23.6. The third-order valence-electron chi connectivity index (χ3n) is 6.01. The average Bonchev–Trinajstić information content (AvgIpc) is 3.23. The minimum atomic E-state index is -0.536. The first-order chi connectivity index (χ1) is 16.2.